The number of rotatable bonds is 0. The molecule has 0 spiro atoms. The summed E-state index contributed by atoms with van der Waals surface area (Å²) in [6.45, 7) is 15.5. The molecule has 0 nitrogen and oxygen atoms in total. The van der Waals surface area contributed by atoms with Gasteiger partial charge < -0.3 is 13.8 Å². The van der Waals surface area contributed by atoms with Gasteiger partial charge in [0.15, 0.2) is 0 Å². The second kappa shape index (κ2) is 16.6. The average Bonchev–Trinajstić information content (AvgIpc) is 1.25. The molecule has 0 aromatic carbocycles. The van der Waals surface area contributed by atoms with Gasteiger partial charge in [-0.2, -0.15) is 11.8 Å². The Bertz CT molecular complexity index is 24.7. The van der Waals surface area contributed by atoms with E-state index in [1.165, 1.54) is 0 Å². The van der Waals surface area contributed by atoms with Gasteiger partial charge in [0, 0.05) is 0 Å². The van der Waals surface area contributed by atoms with E-state index in [9.17, 15) is 0 Å². The fourth-order valence-electron chi connectivity index (χ4n) is 0. The van der Waals surface area contributed by atoms with Gasteiger partial charge >= 0.3 is 19.5 Å². The molecular formula is C8H19BrZn. The first-order chi connectivity index (χ1) is 3.46. The predicted molar refractivity (Wildman–Crippen MR) is 50.7 cm³/mol. The molecule has 0 saturated carbocycles. The van der Waals surface area contributed by atoms with Crippen LogP contribution in [0.25, 0.3) is 0 Å². The fraction of sp³-hybridized carbons (Fsp3) is 0.750. The Morgan fingerprint density at radius 1 is 0.800 bits per heavy atom. The molecule has 60 valence electrons. The van der Waals surface area contributed by atoms with Crippen molar-refractivity contribution in [1.29, 1.82) is 0 Å². The molecule has 0 unspecified atom stereocenters. The topological polar surface area (TPSA) is 0 Å². The Balaban J connectivity index is -0.0000000300. The van der Waals surface area contributed by atoms with Crippen molar-refractivity contribution in [3.8, 4) is 0 Å². The summed E-state index contributed by atoms with van der Waals surface area (Å²) in [6.07, 6.45) is 0. The molecule has 10 heavy (non-hydrogen) atoms. The molecule has 0 aromatic rings. The summed E-state index contributed by atoms with van der Waals surface area (Å²) < 4.78 is 0. The first kappa shape index (κ1) is 22.5. The Hall–Kier alpha value is 1.10. The van der Waals surface area contributed by atoms with Crippen molar-refractivity contribution in [2.24, 2.45) is 11.8 Å². The van der Waals surface area contributed by atoms with Crippen molar-refractivity contribution in [3.63, 3.8) is 0 Å². The van der Waals surface area contributed by atoms with E-state index in [1.807, 2.05) is 0 Å². The third-order valence-electron chi connectivity index (χ3n) is 0. The van der Waals surface area contributed by atoms with Gasteiger partial charge in [0.25, 0.3) is 0 Å². The van der Waals surface area contributed by atoms with E-state index in [1.54, 1.807) is 0 Å². The van der Waals surface area contributed by atoms with E-state index in [0.717, 1.165) is 0 Å². The van der Waals surface area contributed by atoms with Crippen molar-refractivity contribution in [1.82, 2.24) is 0 Å². The minimum atomic E-state index is 0. The van der Waals surface area contributed by atoms with Crippen LogP contribution in [-0.4, -0.2) is 0 Å². The average molecular weight is 261 g/mol. The van der Waals surface area contributed by atoms with Crippen LogP contribution in [-0.2, 0) is 19.5 Å². The molecule has 2 heteroatoms. The molecule has 0 atom stereocenters. The molecule has 0 radical (unpaired) electrons. The van der Waals surface area contributed by atoms with Gasteiger partial charge in [0.2, 0.25) is 0 Å². The van der Waals surface area contributed by atoms with Gasteiger partial charge in [0.1, 0.15) is 0 Å². The Morgan fingerprint density at radius 3 is 0.800 bits per heavy atom. The zero-order valence-corrected chi connectivity index (χ0v) is 12.4. The normalized spacial score (nSPS) is 7.20. The van der Waals surface area contributed by atoms with Gasteiger partial charge in [0.05, 0.1) is 0 Å². The summed E-state index contributed by atoms with van der Waals surface area (Å²) in [7, 11) is 0. The predicted octanol–water partition coefficient (Wildman–Crippen LogP) is 3.53. The summed E-state index contributed by atoms with van der Waals surface area (Å²) in [5.74, 6) is 1.17. The summed E-state index contributed by atoms with van der Waals surface area (Å²) in [6, 6.07) is 0. The standard InChI is InChI=1S/2C4H9.BrH.Zn/c2*1-4(2)3;;/h2*4H,1H2,2-3H3;1H;/q2*-1;;+2. The zero-order chi connectivity index (χ0) is 7.15. The quantitative estimate of drug-likeness (QED) is 0.462. The van der Waals surface area contributed by atoms with Crippen LogP contribution in [0.1, 0.15) is 27.7 Å². The van der Waals surface area contributed by atoms with Crippen LogP contribution >= 0.6 is 17.0 Å². The van der Waals surface area contributed by atoms with Gasteiger partial charge in [-0.05, 0) is 0 Å². The van der Waals surface area contributed by atoms with Crippen molar-refractivity contribution in [2.75, 3.05) is 0 Å². The van der Waals surface area contributed by atoms with Crippen LogP contribution in [0.3, 0.4) is 0 Å². The van der Waals surface area contributed by atoms with Crippen LogP contribution in [0, 0.1) is 25.7 Å². The van der Waals surface area contributed by atoms with Crippen molar-refractivity contribution in [3.05, 3.63) is 13.8 Å². The van der Waals surface area contributed by atoms with Crippen LogP contribution in [0.4, 0.5) is 0 Å². The molecule has 0 saturated heterocycles. The minimum absolute atomic E-state index is 0. The first-order valence-electron chi connectivity index (χ1n) is 3.13. The second-order valence-electron chi connectivity index (χ2n) is 2.79. The SMILES string of the molecule is Br.[CH2-]C(C)C.[CH2-]C(C)C.[Zn+2]. The monoisotopic (exact) mass is 258 g/mol. The number of hydrogen-bond donors (Lipinski definition) is 0. The zero-order valence-electron chi connectivity index (χ0n) is 7.68. The summed E-state index contributed by atoms with van der Waals surface area (Å²) in [5.41, 5.74) is 0. The van der Waals surface area contributed by atoms with E-state index in [2.05, 4.69) is 41.5 Å². The van der Waals surface area contributed by atoms with Crippen molar-refractivity contribution in [2.45, 2.75) is 27.7 Å². The van der Waals surface area contributed by atoms with Crippen LogP contribution in [0.2, 0.25) is 0 Å². The third kappa shape index (κ3) is 491. The molecule has 0 amide bonds. The third-order valence-corrected chi connectivity index (χ3v) is 0. The van der Waals surface area contributed by atoms with Crippen molar-refractivity contribution >= 4 is 17.0 Å². The molecule has 0 N–H and O–H groups in total. The Labute approximate surface area is 89.7 Å². The van der Waals surface area contributed by atoms with E-state index in [-0.39, 0.29) is 36.5 Å². The molecule has 0 aliphatic carbocycles. The van der Waals surface area contributed by atoms with Gasteiger partial charge in [-0.25, -0.2) is 0 Å². The summed E-state index contributed by atoms with van der Waals surface area (Å²) in [4.78, 5) is 0. The van der Waals surface area contributed by atoms with E-state index < -0.39 is 0 Å². The molecule has 0 bridgehead atoms. The minimum Gasteiger partial charge on any atom is -0.341 e. The maximum absolute atomic E-state index is 3.64. The first-order valence-corrected chi connectivity index (χ1v) is 3.13. The maximum Gasteiger partial charge on any atom is 2.00 e. The van der Waals surface area contributed by atoms with Gasteiger partial charge in [-0.15, -0.1) is 17.0 Å². The van der Waals surface area contributed by atoms with E-state index >= 15 is 0 Å². The Kier molecular flexibility index (Phi) is 37.3. The van der Waals surface area contributed by atoms with E-state index in [0.29, 0.717) is 11.8 Å². The van der Waals surface area contributed by atoms with Crippen LogP contribution in [0.15, 0.2) is 0 Å². The van der Waals surface area contributed by atoms with Crippen molar-refractivity contribution < 1.29 is 19.5 Å². The molecule has 0 aliphatic heterocycles. The maximum atomic E-state index is 3.64. The molecule has 0 heterocycles. The smallest absolute Gasteiger partial charge is 0.341 e. The van der Waals surface area contributed by atoms with Gasteiger partial charge in [-0.1, -0.05) is 27.7 Å². The summed E-state index contributed by atoms with van der Waals surface area (Å²) >= 11 is 0. The Morgan fingerprint density at radius 2 is 0.800 bits per heavy atom. The largest absolute Gasteiger partial charge is 2.00 e. The molecule has 0 aromatic heterocycles. The van der Waals surface area contributed by atoms with Crippen LogP contribution in [0.5, 0.6) is 0 Å². The molecule has 0 fully saturated rings. The number of halogens is 1. The van der Waals surface area contributed by atoms with Crippen LogP contribution < -0.4 is 0 Å². The van der Waals surface area contributed by atoms with E-state index in [4.69, 9.17) is 0 Å². The molecule has 0 aliphatic rings. The molecular weight excluding hydrogens is 241 g/mol. The second-order valence-corrected chi connectivity index (χ2v) is 2.79. The molecule has 0 rings (SSSR count). The number of hydrogen-bond acceptors (Lipinski definition) is 0. The summed E-state index contributed by atoms with van der Waals surface area (Å²) in [5, 5.41) is 0. The van der Waals surface area contributed by atoms with Gasteiger partial charge in [-0.3, -0.25) is 0 Å². The fourth-order valence-corrected chi connectivity index (χ4v) is 0.